The Morgan fingerprint density at radius 2 is 2.07 bits per heavy atom. The van der Waals surface area contributed by atoms with Crippen LogP contribution in [0.25, 0.3) is 0 Å². The molecule has 1 atom stereocenters. The standard InChI is InChI=1S/C12H15NO/c1-8(13)12(14)11-6-5-9-3-2-4-10(9)7-11/h5-8H,2-4,13H2,1H3. The molecule has 1 aromatic carbocycles. The van der Waals surface area contributed by atoms with Gasteiger partial charge < -0.3 is 5.73 Å². The van der Waals surface area contributed by atoms with E-state index in [9.17, 15) is 4.79 Å². The van der Waals surface area contributed by atoms with Crippen LogP contribution in [0.4, 0.5) is 0 Å². The molecule has 74 valence electrons. The van der Waals surface area contributed by atoms with Crippen molar-refractivity contribution in [2.75, 3.05) is 0 Å². The molecule has 1 aromatic rings. The lowest BCUT2D eigenvalue weighted by atomic mass is 10.0. The maximum absolute atomic E-state index is 11.6. The highest BCUT2D eigenvalue weighted by Crippen LogP contribution is 2.23. The quantitative estimate of drug-likeness (QED) is 0.720. The predicted molar refractivity (Wildman–Crippen MR) is 56.4 cm³/mol. The zero-order chi connectivity index (χ0) is 10.1. The lowest BCUT2D eigenvalue weighted by molar-refractivity contribution is 0.0968. The molecule has 0 saturated heterocycles. The molecule has 0 aliphatic heterocycles. The van der Waals surface area contributed by atoms with Gasteiger partial charge in [-0.1, -0.05) is 12.1 Å². The summed E-state index contributed by atoms with van der Waals surface area (Å²) >= 11 is 0. The molecular weight excluding hydrogens is 174 g/mol. The molecule has 1 aliphatic rings. The van der Waals surface area contributed by atoms with E-state index in [4.69, 9.17) is 5.73 Å². The van der Waals surface area contributed by atoms with Gasteiger partial charge in [0.1, 0.15) is 0 Å². The van der Waals surface area contributed by atoms with Crippen molar-refractivity contribution in [3.8, 4) is 0 Å². The number of nitrogens with two attached hydrogens (primary N) is 1. The molecule has 0 bridgehead atoms. The molecule has 1 aliphatic carbocycles. The number of aryl methyl sites for hydroxylation is 2. The molecule has 2 rings (SSSR count). The smallest absolute Gasteiger partial charge is 0.179 e. The van der Waals surface area contributed by atoms with Crippen LogP contribution >= 0.6 is 0 Å². The van der Waals surface area contributed by atoms with Gasteiger partial charge in [0.25, 0.3) is 0 Å². The van der Waals surface area contributed by atoms with Crippen molar-refractivity contribution >= 4 is 5.78 Å². The van der Waals surface area contributed by atoms with Gasteiger partial charge >= 0.3 is 0 Å². The van der Waals surface area contributed by atoms with E-state index < -0.39 is 6.04 Å². The van der Waals surface area contributed by atoms with Crippen molar-refractivity contribution in [2.24, 2.45) is 5.73 Å². The molecule has 2 heteroatoms. The lowest BCUT2D eigenvalue weighted by Crippen LogP contribution is -2.26. The normalized spacial score (nSPS) is 16.4. The van der Waals surface area contributed by atoms with Gasteiger partial charge in [0.15, 0.2) is 5.78 Å². The monoisotopic (exact) mass is 189 g/mol. The number of Topliss-reactive ketones (excluding diaryl/α,β-unsaturated/α-hetero) is 1. The number of carbonyl (C=O) groups is 1. The number of carbonyl (C=O) groups excluding carboxylic acids is 1. The highest BCUT2D eigenvalue weighted by Gasteiger charge is 2.15. The van der Waals surface area contributed by atoms with Crippen LogP contribution in [0.2, 0.25) is 0 Å². The fraction of sp³-hybridized carbons (Fsp3) is 0.417. The lowest BCUT2D eigenvalue weighted by Gasteiger charge is -2.06. The van der Waals surface area contributed by atoms with E-state index in [0.29, 0.717) is 0 Å². The molecule has 0 amide bonds. The number of fused-ring (bicyclic) bond motifs is 1. The van der Waals surface area contributed by atoms with Crippen LogP contribution in [0.3, 0.4) is 0 Å². The number of hydrogen-bond acceptors (Lipinski definition) is 2. The number of ketones is 1. The minimum Gasteiger partial charge on any atom is -0.321 e. The SMILES string of the molecule is CC(N)C(=O)c1ccc2c(c1)CCC2. The zero-order valence-electron chi connectivity index (χ0n) is 8.42. The largest absolute Gasteiger partial charge is 0.321 e. The highest BCUT2D eigenvalue weighted by atomic mass is 16.1. The molecule has 0 radical (unpaired) electrons. The Hall–Kier alpha value is -1.15. The van der Waals surface area contributed by atoms with E-state index in [1.807, 2.05) is 12.1 Å². The van der Waals surface area contributed by atoms with Gasteiger partial charge in [0.2, 0.25) is 0 Å². The minimum absolute atomic E-state index is 0.0414. The number of hydrogen-bond donors (Lipinski definition) is 1. The first-order valence-corrected chi connectivity index (χ1v) is 5.10. The fourth-order valence-corrected chi connectivity index (χ4v) is 1.99. The number of rotatable bonds is 2. The Balaban J connectivity index is 2.33. The van der Waals surface area contributed by atoms with Crippen molar-refractivity contribution in [1.82, 2.24) is 0 Å². The molecule has 0 saturated carbocycles. The summed E-state index contributed by atoms with van der Waals surface area (Å²) in [6.07, 6.45) is 3.47. The maximum atomic E-state index is 11.6. The summed E-state index contributed by atoms with van der Waals surface area (Å²) in [6.45, 7) is 1.73. The molecule has 0 fully saturated rings. The molecule has 2 N–H and O–H groups in total. The van der Waals surface area contributed by atoms with Gasteiger partial charge in [-0.05, 0) is 43.4 Å². The van der Waals surface area contributed by atoms with Gasteiger partial charge in [0, 0.05) is 5.56 Å². The van der Waals surface area contributed by atoms with E-state index in [1.54, 1.807) is 6.92 Å². The van der Waals surface area contributed by atoms with Crippen LogP contribution in [0, 0.1) is 0 Å². The third-order valence-corrected chi connectivity index (χ3v) is 2.80. The predicted octanol–water partition coefficient (Wildman–Crippen LogP) is 1.71. The molecular formula is C12H15NO. The summed E-state index contributed by atoms with van der Waals surface area (Å²) in [5.74, 6) is 0.0414. The maximum Gasteiger partial charge on any atom is 0.179 e. The van der Waals surface area contributed by atoms with Gasteiger partial charge in [-0.3, -0.25) is 4.79 Å². The topological polar surface area (TPSA) is 43.1 Å². The fourth-order valence-electron chi connectivity index (χ4n) is 1.99. The van der Waals surface area contributed by atoms with Crippen molar-refractivity contribution in [2.45, 2.75) is 32.2 Å². The van der Waals surface area contributed by atoms with Crippen LogP contribution in [0.5, 0.6) is 0 Å². The van der Waals surface area contributed by atoms with E-state index >= 15 is 0 Å². The van der Waals surface area contributed by atoms with Crippen LogP contribution in [0.1, 0.15) is 34.8 Å². The van der Waals surface area contributed by atoms with E-state index in [0.717, 1.165) is 18.4 Å². The average molecular weight is 189 g/mol. The van der Waals surface area contributed by atoms with Crippen molar-refractivity contribution in [1.29, 1.82) is 0 Å². The van der Waals surface area contributed by atoms with Gasteiger partial charge in [0.05, 0.1) is 6.04 Å². The molecule has 2 nitrogen and oxygen atoms in total. The van der Waals surface area contributed by atoms with Crippen molar-refractivity contribution in [3.05, 3.63) is 34.9 Å². The van der Waals surface area contributed by atoms with Crippen LogP contribution in [0.15, 0.2) is 18.2 Å². The first-order valence-electron chi connectivity index (χ1n) is 5.10. The highest BCUT2D eigenvalue weighted by molar-refractivity contribution is 5.99. The van der Waals surface area contributed by atoms with E-state index in [2.05, 4.69) is 6.07 Å². The van der Waals surface area contributed by atoms with E-state index in [1.165, 1.54) is 17.5 Å². The van der Waals surface area contributed by atoms with Crippen molar-refractivity contribution < 1.29 is 4.79 Å². The molecule has 0 heterocycles. The molecule has 1 unspecified atom stereocenters. The third kappa shape index (κ3) is 1.58. The Morgan fingerprint density at radius 3 is 2.79 bits per heavy atom. The first kappa shape index (κ1) is 9.41. The summed E-state index contributed by atoms with van der Waals surface area (Å²) in [7, 11) is 0. The van der Waals surface area contributed by atoms with E-state index in [-0.39, 0.29) is 5.78 Å². The second-order valence-electron chi connectivity index (χ2n) is 3.99. The average Bonchev–Trinajstić information content (AvgIpc) is 2.62. The summed E-state index contributed by atoms with van der Waals surface area (Å²) in [4.78, 5) is 11.6. The Kier molecular flexibility index (Phi) is 2.38. The van der Waals surface area contributed by atoms with Gasteiger partial charge in [-0.2, -0.15) is 0 Å². The van der Waals surface area contributed by atoms with Crippen LogP contribution in [-0.4, -0.2) is 11.8 Å². The molecule has 0 spiro atoms. The van der Waals surface area contributed by atoms with Crippen LogP contribution in [-0.2, 0) is 12.8 Å². The number of benzene rings is 1. The van der Waals surface area contributed by atoms with Gasteiger partial charge in [-0.25, -0.2) is 0 Å². The van der Waals surface area contributed by atoms with Gasteiger partial charge in [-0.15, -0.1) is 0 Å². The second-order valence-corrected chi connectivity index (χ2v) is 3.99. The van der Waals surface area contributed by atoms with Crippen molar-refractivity contribution in [3.63, 3.8) is 0 Å². The summed E-state index contributed by atoms with van der Waals surface area (Å²) in [6, 6.07) is 5.58. The second kappa shape index (κ2) is 3.54. The van der Waals surface area contributed by atoms with Crippen LogP contribution < -0.4 is 5.73 Å². The zero-order valence-corrected chi connectivity index (χ0v) is 8.42. The summed E-state index contributed by atoms with van der Waals surface area (Å²) in [5, 5.41) is 0. The Labute approximate surface area is 84.1 Å². The molecule has 0 aromatic heterocycles. The summed E-state index contributed by atoms with van der Waals surface area (Å²) < 4.78 is 0. The Bertz CT molecular complexity index is 369. The Morgan fingerprint density at radius 1 is 1.36 bits per heavy atom. The summed E-state index contributed by atoms with van der Waals surface area (Å²) in [5.41, 5.74) is 9.05. The minimum atomic E-state index is -0.394. The third-order valence-electron chi connectivity index (χ3n) is 2.80. The first-order chi connectivity index (χ1) is 6.68. The molecule has 14 heavy (non-hydrogen) atoms.